The van der Waals surface area contributed by atoms with E-state index in [1.807, 2.05) is 5.32 Å². The van der Waals surface area contributed by atoms with Gasteiger partial charge in [0.05, 0.1) is 18.8 Å². The van der Waals surface area contributed by atoms with Crippen LogP contribution in [0.15, 0.2) is 0 Å². The lowest BCUT2D eigenvalue weighted by Gasteiger charge is -2.50. The number of ether oxygens (including phenoxy) is 5. The zero-order valence-electron chi connectivity index (χ0n) is 30.0. The van der Waals surface area contributed by atoms with E-state index in [2.05, 4.69) is 21.3 Å². The van der Waals surface area contributed by atoms with Gasteiger partial charge in [-0.3, -0.25) is 24.0 Å². The molecule has 0 saturated carbocycles. The SMILES string of the molecule is CC(=O)N[C@@H]1[C@@H](NC(C)=O)[C@H](O[C@H]2[C@H](O)[C@@H](CO)O[C@H](O)[C@@H]2NC(C)=O)O[C@H](C(=O)O)[C@H]1O[C@@H]1O[C@H](C(=O)N[C@H](C(=O)O)[C@@H](C)O)[C@@H](O)[C@H](O)[C@H]1NC(C)=O. The number of aliphatic hydroxyl groups excluding tert-OH is 6. The normalized spacial score (nSPS) is 37.3. The highest BCUT2D eigenvalue weighted by atomic mass is 16.7. The van der Waals surface area contributed by atoms with E-state index in [9.17, 15) is 74.4 Å². The molecule has 0 unspecified atom stereocenters. The number of amides is 5. The van der Waals surface area contributed by atoms with Crippen LogP contribution in [0.4, 0.5) is 0 Å². The fraction of sp³-hybridized carbons (Fsp3) is 0.767. The third-order valence-corrected chi connectivity index (χ3v) is 8.70. The second-order valence-corrected chi connectivity index (χ2v) is 13.1. The molecule has 5 amide bonds. The number of carboxylic acids is 2. The molecule has 13 N–H and O–H groups in total. The molecule has 0 bridgehead atoms. The number of aliphatic carboxylic acids is 2. The summed E-state index contributed by atoms with van der Waals surface area (Å²) in [6.45, 7) is 4.17. The maximum Gasteiger partial charge on any atom is 0.335 e. The van der Waals surface area contributed by atoms with E-state index in [0.29, 0.717) is 0 Å². The Morgan fingerprint density at radius 3 is 1.60 bits per heavy atom. The van der Waals surface area contributed by atoms with E-state index >= 15 is 0 Å². The monoisotopic (exact) mass is 797 g/mol. The van der Waals surface area contributed by atoms with Crippen LogP contribution in [-0.2, 0) is 57.2 Å². The van der Waals surface area contributed by atoms with Crippen LogP contribution in [0.5, 0.6) is 0 Å². The molecule has 0 aliphatic carbocycles. The lowest BCUT2D eigenvalue weighted by Crippen LogP contribution is -2.74. The number of nitrogens with one attached hydrogen (secondary N) is 5. The molecular weight excluding hydrogens is 750 g/mol. The van der Waals surface area contributed by atoms with E-state index < -0.39 is 152 Å². The standard InChI is InChI=1S/C30H47N5O20/c1-7(37)13(26(46)47)35-25(45)23-20(44)19(43)16(33-10(4)40)30(54-23)53-22-14(31-8(2)38)15(32-9(3)39)29(55-24(22)27(48)49)52-21-17(34-11(5)41)28(50)51-12(6-36)18(21)42/h7,12-24,28-30,36-37,42-44,50H,6H2,1-5H3,(H,31,38)(H,32,39)(H,33,40)(H,34,41)(H,35,45)(H,46,47)(H,48,49)/t7-,12-,13+,14-,15-,16-,17-,18-,19-,20+,21-,22+,23+,24+,28+,29-,30-/m1/s1. The molecule has 25 heteroatoms. The molecular formula is C30H47N5O20. The van der Waals surface area contributed by atoms with Crippen LogP contribution >= 0.6 is 0 Å². The van der Waals surface area contributed by atoms with Crippen molar-refractivity contribution in [3.05, 3.63) is 0 Å². The molecule has 3 aliphatic heterocycles. The van der Waals surface area contributed by atoms with Gasteiger partial charge < -0.3 is 91.1 Å². The number of aliphatic hydroxyl groups is 6. The van der Waals surface area contributed by atoms with Crippen molar-refractivity contribution in [2.75, 3.05) is 6.61 Å². The fourth-order valence-electron chi connectivity index (χ4n) is 6.29. The topological polar surface area (TPSA) is 388 Å². The summed E-state index contributed by atoms with van der Waals surface area (Å²) in [5.41, 5.74) is 0. The highest BCUT2D eigenvalue weighted by molar-refractivity contribution is 5.87. The van der Waals surface area contributed by atoms with Gasteiger partial charge in [-0.25, -0.2) is 9.59 Å². The van der Waals surface area contributed by atoms with Crippen LogP contribution < -0.4 is 26.6 Å². The largest absolute Gasteiger partial charge is 0.480 e. The molecule has 0 aromatic carbocycles. The third kappa shape index (κ3) is 11.0. The number of hydrogen-bond acceptors (Lipinski definition) is 18. The van der Waals surface area contributed by atoms with Gasteiger partial charge in [-0.15, -0.1) is 0 Å². The second-order valence-electron chi connectivity index (χ2n) is 13.1. The van der Waals surface area contributed by atoms with Gasteiger partial charge in [0, 0.05) is 27.7 Å². The molecule has 3 aliphatic rings. The zero-order chi connectivity index (χ0) is 41.6. The Morgan fingerprint density at radius 2 is 1.11 bits per heavy atom. The average molecular weight is 798 g/mol. The minimum Gasteiger partial charge on any atom is -0.480 e. The summed E-state index contributed by atoms with van der Waals surface area (Å²) in [5, 5.41) is 94.1. The van der Waals surface area contributed by atoms with Gasteiger partial charge >= 0.3 is 11.9 Å². The predicted octanol–water partition coefficient (Wildman–Crippen LogP) is -7.95. The Kier molecular flexibility index (Phi) is 15.7. The molecule has 55 heavy (non-hydrogen) atoms. The summed E-state index contributed by atoms with van der Waals surface area (Å²) < 4.78 is 28.4. The molecule has 0 aromatic rings. The number of hydrogen-bond donors (Lipinski definition) is 13. The van der Waals surface area contributed by atoms with E-state index in [1.54, 1.807) is 0 Å². The summed E-state index contributed by atoms with van der Waals surface area (Å²) in [6.07, 6.45) is -23.7. The van der Waals surface area contributed by atoms with Crippen LogP contribution in [0, 0.1) is 0 Å². The Morgan fingerprint density at radius 1 is 0.636 bits per heavy atom. The van der Waals surface area contributed by atoms with E-state index in [4.69, 9.17) is 23.7 Å². The Balaban J connectivity index is 2.11. The first kappa shape index (κ1) is 45.2. The molecule has 3 saturated heterocycles. The van der Waals surface area contributed by atoms with Crippen molar-refractivity contribution in [2.24, 2.45) is 0 Å². The lowest BCUT2D eigenvalue weighted by atomic mass is 9.91. The first-order chi connectivity index (χ1) is 25.6. The first-order valence-corrected chi connectivity index (χ1v) is 16.7. The van der Waals surface area contributed by atoms with E-state index in [1.165, 1.54) is 0 Å². The van der Waals surface area contributed by atoms with Crippen LogP contribution in [0.3, 0.4) is 0 Å². The van der Waals surface area contributed by atoms with Crippen LogP contribution in [0.2, 0.25) is 0 Å². The van der Waals surface area contributed by atoms with E-state index in [0.717, 1.165) is 34.6 Å². The van der Waals surface area contributed by atoms with Crippen molar-refractivity contribution >= 4 is 41.5 Å². The van der Waals surface area contributed by atoms with Gasteiger partial charge in [0.25, 0.3) is 5.91 Å². The highest BCUT2D eigenvalue weighted by Gasteiger charge is 2.57. The molecule has 0 radical (unpaired) electrons. The van der Waals surface area contributed by atoms with Gasteiger partial charge in [0.1, 0.15) is 54.7 Å². The van der Waals surface area contributed by atoms with E-state index in [-0.39, 0.29) is 0 Å². The molecule has 0 spiro atoms. The van der Waals surface area contributed by atoms with Crippen molar-refractivity contribution < 1.29 is 98.1 Å². The number of rotatable bonds is 14. The second kappa shape index (κ2) is 19.1. The minimum absolute atomic E-state index is 0.753. The molecule has 17 atom stereocenters. The quantitative estimate of drug-likeness (QED) is 0.0776. The third-order valence-electron chi connectivity index (χ3n) is 8.70. The predicted molar refractivity (Wildman–Crippen MR) is 172 cm³/mol. The molecule has 0 aromatic heterocycles. The summed E-state index contributed by atoms with van der Waals surface area (Å²) in [4.78, 5) is 86.9. The van der Waals surface area contributed by atoms with Crippen molar-refractivity contribution in [2.45, 2.75) is 139 Å². The van der Waals surface area contributed by atoms with Gasteiger partial charge in [-0.1, -0.05) is 0 Å². The maximum absolute atomic E-state index is 13.2. The van der Waals surface area contributed by atoms with Gasteiger partial charge in [0.15, 0.2) is 37.1 Å². The first-order valence-electron chi connectivity index (χ1n) is 16.7. The van der Waals surface area contributed by atoms with Gasteiger partial charge in [-0.05, 0) is 6.92 Å². The summed E-state index contributed by atoms with van der Waals surface area (Å²) in [6, 6.07) is -8.78. The van der Waals surface area contributed by atoms with Crippen LogP contribution in [0.1, 0.15) is 34.6 Å². The summed E-state index contributed by atoms with van der Waals surface area (Å²) >= 11 is 0. The van der Waals surface area contributed by atoms with Crippen molar-refractivity contribution in [1.82, 2.24) is 26.6 Å². The minimum atomic E-state index is -2.27. The van der Waals surface area contributed by atoms with Crippen LogP contribution in [-0.4, -0.2) is 193 Å². The smallest absolute Gasteiger partial charge is 0.335 e. The van der Waals surface area contributed by atoms with Crippen molar-refractivity contribution in [1.29, 1.82) is 0 Å². The highest BCUT2D eigenvalue weighted by Crippen LogP contribution is 2.33. The summed E-state index contributed by atoms with van der Waals surface area (Å²) in [7, 11) is 0. The molecule has 312 valence electrons. The van der Waals surface area contributed by atoms with Crippen molar-refractivity contribution in [3.63, 3.8) is 0 Å². The molecule has 3 rings (SSSR count). The fourth-order valence-corrected chi connectivity index (χ4v) is 6.29. The van der Waals surface area contributed by atoms with Crippen molar-refractivity contribution in [3.8, 4) is 0 Å². The molecule has 3 heterocycles. The van der Waals surface area contributed by atoms with Gasteiger partial charge in [-0.2, -0.15) is 0 Å². The lowest BCUT2D eigenvalue weighted by molar-refractivity contribution is -0.330. The average Bonchev–Trinajstić information content (AvgIpc) is 3.06. The number of carbonyl (C=O) groups is 7. The number of carbonyl (C=O) groups excluding carboxylic acids is 5. The van der Waals surface area contributed by atoms with Gasteiger partial charge in [0.2, 0.25) is 23.6 Å². The Bertz CT molecular complexity index is 1440. The Labute approximate surface area is 311 Å². The Hall–Kier alpha value is -4.15. The number of carboxylic acid groups (broad SMARTS) is 2. The zero-order valence-corrected chi connectivity index (χ0v) is 30.0. The molecule has 3 fully saturated rings. The summed E-state index contributed by atoms with van der Waals surface area (Å²) in [5.74, 6) is -8.26. The molecule has 25 nitrogen and oxygen atoms in total. The maximum atomic E-state index is 13.2. The van der Waals surface area contributed by atoms with Crippen LogP contribution in [0.25, 0.3) is 0 Å².